The number of anilines is 1. The fourth-order valence-corrected chi connectivity index (χ4v) is 2.44. The Kier molecular flexibility index (Phi) is 2.91. The summed E-state index contributed by atoms with van der Waals surface area (Å²) in [5.74, 6) is 0.970. The van der Waals surface area contributed by atoms with Crippen molar-refractivity contribution in [1.29, 1.82) is 0 Å². The average Bonchev–Trinajstić information content (AvgIpc) is 2.95. The lowest BCUT2D eigenvalue weighted by Gasteiger charge is -2.02. The van der Waals surface area contributed by atoms with Gasteiger partial charge in [0.1, 0.15) is 0 Å². The number of aryl methyl sites for hydroxylation is 1. The largest absolute Gasteiger partial charge is 0.457 e. The number of nitrogens with zero attached hydrogens (tertiary/aromatic N) is 1. The van der Waals surface area contributed by atoms with Crippen molar-refractivity contribution in [2.24, 2.45) is 0 Å². The zero-order valence-electron chi connectivity index (χ0n) is 10.2. The number of aromatic nitrogens is 1. The Morgan fingerprint density at radius 2 is 2.11 bits per heavy atom. The molecule has 19 heavy (non-hydrogen) atoms. The Bertz CT molecular complexity index is 731. The molecule has 1 aromatic carbocycles. The molecule has 5 heteroatoms. The van der Waals surface area contributed by atoms with E-state index in [2.05, 4.69) is 21.1 Å². The SMILES string of the molecule is Cc1cccc(-c2c(N)noc2-c2ccoc2Br)c1. The van der Waals surface area contributed by atoms with Gasteiger partial charge < -0.3 is 14.7 Å². The Morgan fingerprint density at radius 3 is 2.79 bits per heavy atom. The maximum Gasteiger partial charge on any atom is 0.181 e. The lowest BCUT2D eigenvalue weighted by molar-refractivity contribution is 0.434. The van der Waals surface area contributed by atoms with Crippen LogP contribution in [0.2, 0.25) is 0 Å². The van der Waals surface area contributed by atoms with Crippen molar-refractivity contribution in [3.05, 3.63) is 46.8 Å². The molecule has 4 nitrogen and oxygen atoms in total. The summed E-state index contributed by atoms with van der Waals surface area (Å²) >= 11 is 3.34. The van der Waals surface area contributed by atoms with Gasteiger partial charge in [-0.25, -0.2) is 0 Å². The molecule has 2 heterocycles. The summed E-state index contributed by atoms with van der Waals surface area (Å²) in [5, 5.41) is 3.86. The van der Waals surface area contributed by atoms with E-state index in [1.165, 1.54) is 0 Å². The van der Waals surface area contributed by atoms with Crippen LogP contribution in [0.15, 0.2) is 50.2 Å². The predicted molar refractivity (Wildman–Crippen MR) is 76.5 cm³/mol. The van der Waals surface area contributed by atoms with Crippen molar-refractivity contribution in [3.63, 3.8) is 0 Å². The number of nitrogens with two attached hydrogens (primary N) is 1. The number of furan rings is 1. The van der Waals surface area contributed by atoms with Gasteiger partial charge in [0.05, 0.1) is 17.4 Å². The first-order chi connectivity index (χ1) is 9.16. The first-order valence-electron chi connectivity index (χ1n) is 5.72. The van der Waals surface area contributed by atoms with Gasteiger partial charge in [0.15, 0.2) is 16.2 Å². The molecule has 0 radical (unpaired) electrons. The molecule has 96 valence electrons. The molecular weight excluding hydrogens is 308 g/mol. The highest BCUT2D eigenvalue weighted by molar-refractivity contribution is 9.10. The molecule has 0 amide bonds. The van der Waals surface area contributed by atoms with Crippen molar-refractivity contribution in [2.75, 3.05) is 5.73 Å². The first-order valence-corrected chi connectivity index (χ1v) is 6.51. The highest BCUT2D eigenvalue weighted by Crippen LogP contribution is 2.40. The fourth-order valence-electron chi connectivity index (χ4n) is 2.02. The van der Waals surface area contributed by atoms with Gasteiger partial charge in [-0.2, -0.15) is 0 Å². The smallest absolute Gasteiger partial charge is 0.181 e. The summed E-state index contributed by atoms with van der Waals surface area (Å²) in [5.41, 5.74) is 9.63. The molecule has 2 N–H and O–H groups in total. The molecule has 0 bridgehead atoms. The number of hydrogen-bond acceptors (Lipinski definition) is 4. The zero-order chi connectivity index (χ0) is 13.4. The van der Waals surface area contributed by atoms with Crippen LogP contribution in [0.4, 0.5) is 5.82 Å². The van der Waals surface area contributed by atoms with Gasteiger partial charge in [-0.15, -0.1) is 0 Å². The van der Waals surface area contributed by atoms with E-state index >= 15 is 0 Å². The van der Waals surface area contributed by atoms with Gasteiger partial charge in [0.25, 0.3) is 0 Å². The van der Waals surface area contributed by atoms with E-state index in [1.807, 2.05) is 37.3 Å². The second kappa shape index (κ2) is 4.59. The van der Waals surface area contributed by atoms with Crippen LogP contribution in [0, 0.1) is 6.92 Å². The standard InChI is InChI=1S/C14H11BrN2O2/c1-8-3-2-4-9(7-8)11-12(19-17-14(11)16)10-5-6-18-13(10)15/h2-7H,1H3,(H2,16,17). The highest BCUT2D eigenvalue weighted by Gasteiger charge is 2.20. The third-order valence-electron chi connectivity index (χ3n) is 2.89. The second-order valence-electron chi connectivity index (χ2n) is 4.25. The van der Waals surface area contributed by atoms with Crippen molar-refractivity contribution in [2.45, 2.75) is 6.92 Å². The fraction of sp³-hybridized carbons (Fsp3) is 0.0714. The molecule has 2 aromatic heterocycles. The molecule has 0 aliphatic rings. The highest BCUT2D eigenvalue weighted by atomic mass is 79.9. The van der Waals surface area contributed by atoms with E-state index in [4.69, 9.17) is 14.7 Å². The number of benzene rings is 1. The van der Waals surface area contributed by atoms with Gasteiger partial charge in [-0.05, 0) is 34.5 Å². The summed E-state index contributed by atoms with van der Waals surface area (Å²) < 4.78 is 11.2. The number of nitrogen functional groups attached to an aromatic ring is 1. The number of hydrogen-bond donors (Lipinski definition) is 1. The predicted octanol–water partition coefficient (Wildman–Crippen LogP) is 4.25. The van der Waals surface area contributed by atoms with Crippen molar-refractivity contribution < 1.29 is 8.94 Å². The minimum atomic E-state index is 0.369. The third kappa shape index (κ3) is 2.06. The summed E-state index contributed by atoms with van der Waals surface area (Å²) in [4.78, 5) is 0. The zero-order valence-corrected chi connectivity index (χ0v) is 11.8. The van der Waals surface area contributed by atoms with Gasteiger partial charge in [-0.3, -0.25) is 0 Å². The monoisotopic (exact) mass is 318 g/mol. The molecule has 0 aliphatic heterocycles. The molecule has 0 aliphatic carbocycles. The lowest BCUT2D eigenvalue weighted by atomic mass is 10.0. The van der Waals surface area contributed by atoms with Crippen molar-refractivity contribution in [1.82, 2.24) is 5.16 Å². The van der Waals surface area contributed by atoms with E-state index in [0.717, 1.165) is 22.3 Å². The van der Waals surface area contributed by atoms with Crippen LogP contribution in [-0.4, -0.2) is 5.16 Å². The second-order valence-corrected chi connectivity index (χ2v) is 4.97. The molecule has 3 rings (SSSR count). The van der Waals surface area contributed by atoms with Crippen molar-refractivity contribution >= 4 is 21.7 Å². The lowest BCUT2D eigenvalue weighted by Crippen LogP contribution is -1.89. The maximum atomic E-state index is 5.93. The number of halogens is 1. The first kappa shape index (κ1) is 12.0. The Labute approximate surface area is 118 Å². The Morgan fingerprint density at radius 1 is 1.26 bits per heavy atom. The molecule has 0 atom stereocenters. The molecule has 0 saturated heterocycles. The Hall–Kier alpha value is -2.01. The molecule has 0 unspecified atom stereocenters. The maximum absolute atomic E-state index is 5.93. The summed E-state index contributed by atoms with van der Waals surface area (Å²) in [6, 6.07) is 9.84. The summed E-state index contributed by atoms with van der Waals surface area (Å²) in [6.07, 6.45) is 1.58. The normalized spacial score (nSPS) is 10.8. The van der Waals surface area contributed by atoms with Crippen LogP contribution in [0.25, 0.3) is 22.5 Å². The van der Waals surface area contributed by atoms with E-state index in [0.29, 0.717) is 16.2 Å². The molecule has 0 spiro atoms. The van der Waals surface area contributed by atoms with Crippen LogP contribution in [0.5, 0.6) is 0 Å². The molecular formula is C14H11BrN2O2. The van der Waals surface area contributed by atoms with E-state index in [-0.39, 0.29) is 0 Å². The van der Waals surface area contributed by atoms with Crippen LogP contribution in [0.1, 0.15) is 5.56 Å². The topological polar surface area (TPSA) is 65.2 Å². The summed E-state index contributed by atoms with van der Waals surface area (Å²) in [7, 11) is 0. The quantitative estimate of drug-likeness (QED) is 0.766. The third-order valence-corrected chi connectivity index (χ3v) is 3.50. The molecule has 0 saturated carbocycles. The van der Waals surface area contributed by atoms with Crippen LogP contribution < -0.4 is 5.73 Å². The van der Waals surface area contributed by atoms with Gasteiger partial charge in [0.2, 0.25) is 0 Å². The Balaban J connectivity index is 2.22. The van der Waals surface area contributed by atoms with E-state index in [1.54, 1.807) is 6.26 Å². The molecule has 0 fully saturated rings. The van der Waals surface area contributed by atoms with Crippen molar-refractivity contribution in [3.8, 4) is 22.5 Å². The van der Waals surface area contributed by atoms with Crippen LogP contribution in [-0.2, 0) is 0 Å². The van der Waals surface area contributed by atoms with E-state index < -0.39 is 0 Å². The average molecular weight is 319 g/mol. The van der Waals surface area contributed by atoms with E-state index in [9.17, 15) is 0 Å². The number of rotatable bonds is 2. The minimum Gasteiger partial charge on any atom is -0.457 e. The minimum absolute atomic E-state index is 0.369. The van der Waals surface area contributed by atoms with Crippen LogP contribution >= 0.6 is 15.9 Å². The molecule has 3 aromatic rings. The van der Waals surface area contributed by atoms with Gasteiger partial charge in [-0.1, -0.05) is 35.0 Å². The van der Waals surface area contributed by atoms with Gasteiger partial charge in [0, 0.05) is 0 Å². The van der Waals surface area contributed by atoms with Gasteiger partial charge >= 0.3 is 0 Å². The van der Waals surface area contributed by atoms with Crippen LogP contribution in [0.3, 0.4) is 0 Å². The summed E-state index contributed by atoms with van der Waals surface area (Å²) in [6.45, 7) is 2.03.